The zero-order chi connectivity index (χ0) is 12.4. The van der Waals surface area contributed by atoms with Gasteiger partial charge in [-0.25, -0.2) is 0 Å². The molecule has 0 amide bonds. The molecule has 1 aliphatic heterocycles. The molecular formula is C14H18O3. The Bertz CT molecular complexity index is 437. The van der Waals surface area contributed by atoms with Crippen LogP contribution in [0.3, 0.4) is 0 Å². The fourth-order valence-corrected chi connectivity index (χ4v) is 4.03. The van der Waals surface area contributed by atoms with Crippen LogP contribution >= 0.6 is 0 Å². The average Bonchev–Trinajstić information content (AvgIpc) is 2.58. The summed E-state index contributed by atoms with van der Waals surface area (Å²) in [6.45, 7) is 6.33. The molecule has 3 nitrogen and oxygen atoms in total. The Morgan fingerprint density at radius 1 is 1.18 bits per heavy atom. The van der Waals surface area contributed by atoms with Crippen molar-refractivity contribution in [2.24, 2.45) is 28.6 Å². The lowest BCUT2D eigenvalue weighted by atomic mass is 9.46. The minimum Gasteiger partial charge on any atom is -0.393 e. The molecular weight excluding hydrogens is 216 g/mol. The molecule has 4 rings (SSSR count). The molecule has 1 heterocycles. The van der Waals surface area contributed by atoms with Gasteiger partial charge < -0.3 is 4.74 Å². The number of ether oxygens (including phenoxy) is 1. The molecule has 92 valence electrons. The van der Waals surface area contributed by atoms with Gasteiger partial charge in [0.2, 0.25) is 0 Å². The van der Waals surface area contributed by atoms with E-state index in [0.717, 1.165) is 12.8 Å². The van der Waals surface area contributed by atoms with Crippen molar-refractivity contribution in [3.05, 3.63) is 12.2 Å². The first-order chi connectivity index (χ1) is 7.91. The molecule has 3 aliphatic carbocycles. The Kier molecular flexibility index (Phi) is 1.94. The minimum atomic E-state index is -0.309. The molecule has 0 aromatic heterocycles. The molecule has 2 fully saturated rings. The summed E-state index contributed by atoms with van der Waals surface area (Å²) >= 11 is 0. The Labute approximate surface area is 101 Å². The molecule has 3 heteroatoms. The summed E-state index contributed by atoms with van der Waals surface area (Å²) in [5.74, 6) is -0.759. The number of hydrogen-bond donors (Lipinski definition) is 0. The Hall–Kier alpha value is -1.12. The van der Waals surface area contributed by atoms with Gasteiger partial charge in [-0.1, -0.05) is 32.9 Å². The Morgan fingerprint density at radius 3 is 2.35 bits per heavy atom. The van der Waals surface area contributed by atoms with Gasteiger partial charge >= 0.3 is 11.9 Å². The first-order valence-corrected chi connectivity index (χ1v) is 6.37. The number of fused-ring (bicyclic) bond motifs is 1. The highest BCUT2D eigenvalue weighted by atomic mass is 16.6. The highest BCUT2D eigenvalue weighted by molar-refractivity contribution is 5.98. The summed E-state index contributed by atoms with van der Waals surface area (Å²) in [5.41, 5.74) is -0.337. The van der Waals surface area contributed by atoms with Crippen LogP contribution in [0, 0.1) is 28.6 Å². The number of carbonyl (C=O) groups is 2. The number of rotatable bonds is 1. The fraction of sp³-hybridized carbons (Fsp3) is 0.714. The maximum Gasteiger partial charge on any atom is 0.318 e. The van der Waals surface area contributed by atoms with Crippen molar-refractivity contribution < 1.29 is 14.3 Å². The van der Waals surface area contributed by atoms with Crippen LogP contribution in [0.2, 0.25) is 0 Å². The highest BCUT2D eigenvalue weighted by Gasteiger charge is 2.66. The first-order valence-electron chi connectivity index (χ1n) is 6.37. The number of cyclic esters (lactones) is 2. The van der Waals surface area contributed by atoms with Gasteiger partial charge in [-0.3, -0.25) is 9.59 Å². The van der Waals surface area contributed by atoms with Gasteiger partial charge in [0.15, 0.2) is 0 Å². The smallest absolute Gasteiger partial charge is 0.318 e. The summed E-state index contributed by atoms with van der Waals surface area (Å²) in [6.07, 6.45) is 6.30. The van der Waals surface area contributed by atoms with Crippen molar-refractivity contribution in [2.75, 3.05) is 0 Å². The third-order valence-corrected chi connectivity index (χ3v) is 5.28. The van der Waals surface area contributed by atoms with Gasteiger partial charge in [-0.2, -0.15) is 0 Å². The molecule has 17 heavy (non-hydrogen) atoms. The van der Waals surface area contributed by atoms with E-state index in [2.05, 4.69) is 32.9 Å². The van der Waals surface area contributed by atoms with E-state index in [9.17, 15) is 9.59 Å². The first kappa shape index (κ1) is 11.0. The van der Waals surface area contributed by atoms with Gasteiger partial charge in [0, 0.05) is 5.41 Å². The maximum absolute atomic E-state index is 12.0. The topological polar surface area (TPSA) is 43.4 Å². The van der Waals surface area contributed by atoms with E-state index in [1.807, 2.05) is 0 Å². The van der Waals surface area contributed by atoms with Crippen LogP contribution < -0.4 is 0 Å². The van der Waals surface area contributed by atoms with E-state index in [1.54, 1.807) is 0 Å². The molecule has 0 spiro atoms. The minimum absolute atomic E-state index is 0.161. The predicted molar refractivity (Wildman–Crippen MR) is 61.8 cm³/mol. The summed E-state index contributed by atoms with van der Waals surface area (Å²) in [6, 6.07) is 0. The van der Waals surface area contributed by atoms with Gasteiger partial charge in [0.25, 0.3) is 0 Å². The monoisotopic (exact) mass is 234 g/mol. The lowest BCUT2D eigenvalue weighted by molar-refractivity contribution is -0.154. The lowest BCUT2D eigenvalue weighted by Gasteiger charge is -2.54. The van der Waals surface area contributed by atoms with Crippen molar-refractivity contribution >= 4 is 11.9 Å². The summed E-state index contributed by atoms with van der Waals surface area (Å²) in [7, 11) is 0. The Morgan fingerprint density at radius 2 is 1.82 bits per heavy atom. The molecule has 0 aromatic rings. The summed E-state index contributed by atoms with van der Waals surface area (Å²) < 4.78 is 4.91. The highest BCUT2D eigenvalue weighted by Crippen LogP contribution is 2.63. The largest absolute Gasteiger partial charge is 0.393 e. The van der Waals surface area contributed by atoms with Crippen LogP contribution in [-0.4, -0.2) is 11.9 Å². The average molecular weight is 234 g/mol. The van der Waals surface area contributed by atoms with E-state index in [4.69, 9.17) is 4.74 Å². The third kappa shape index (κ3) is 1.12. The van der Waals surface area contributed by atoms with E-state index in [-0.39, 0.29) is 34.6 Å². The van der Waals surface area contributed by atoms with E-state index in [0.29, 0.717) is 5.92 Å². The number of esters is 2. The fourth-order valence-electron chi connectivity index (χ4n) is 4.03. The SMILES string of the molecule is CC(C)[C@@]12C=C[C@](C)(CC1)[C@@H]1C(=O)OC(=O)[C@@H]12. The van der Waals surface area contributed by atoms with Gasteiger partial charge in [0.1, 0.15) is 0 Å². The second-order valence-corrected chi connectivity index (χ2v) is 6.30. The number of allylic oxidation sites excluding steroid dienone is 2. The molecule has 4 aliphatic rings. The predicted octanol–water partition coefficient (Wildman–Crippen LogP) is 2.31. The molecule has 4 atom stereocenters. The quantitative estimate of drug-likeness (QED) is 0.397. The zero-order valence-corrected chi connectivity index (χ0v) is 10.5. The Balaban J connectivity index is 2.18. The van der Waals surface area contributed by atoms with Crippen molar-refractivity contribution in [2.45, 2.75) is 33.6 Å². The summed E-state index contributed by atoms with van der Waals surface area (Å²) in [4.78, 5) is 23.9. The van der Waals surface area contributed by atoms with Crippen molar-refractivity contribution in [3.63, 3.8) is 0 Å². The summed E-state index contributed by atoms with van der Waals surface area (Å²) in [5, 5.41) is 0. The molecule has 0 N–H and O–H groups in total. The van der Waals surface area contributed by atoms with Crippen molar-refractivity contribution in [1.82, 2.24) is 0 Å². The molecule has 0 aromatic carbocycles. The van der Waals surface area contributed by atoms with Crippen LogP contribution in [0.5, 0.6) is 0 Å². The second-order valence-electron chi connectivity index (χ2n) is 6.30. The van der Waals surface area contributed by atoms with E-state index in [1.165, 1.54) is 0 Å². The lowest BCUT2D eigenvalue weighted by Crippen LogP contribution is -2.53. The molecule has 0 radical (unpaired) electrons. The molecule has 1 saturated carbocycles. The zero-order valence-electron chi connectivity index (χ0n) is 10.5. The van der Waals surface area contributed by atoms with Crippen molar-refractivity contribution in [3.8, 4) is 0 Å². The second kappa shape index (κ2) is 3.01. The van der Waals surface area contributed by atoms with Crippen LogP contribution in [0.25, 0.3) is 0 Å². The molecule has 1 saturated heterocycles. The standard InChI is InChI=1S/C14H18O3/c1-8(2)14-6-4-13(3,5-7-14)9-10(14)12(16)17-11(9)15/h4,6,8-10H,5,7H2,1-3H3/t9-,10+,13+,14+/m0/s1. The molecule has 0 unspecified atom stereocenters. The van der Waals surface area contributed by atoms with Crippen LogP contribution in [0.15, 0.2) is 12.2 Å². The van der Waals surface area contributed by atoms with Crippen LogP contribution in [0.1, 0.15) is 33.6 Å². The van der Waals surface area contributed by atoms with Crippen LogP contribution in [0.4, 0.5) is 0 Å². The normalized spacial score (nSPS) is 47.5. The third-order valence-electron chi connectivity index (χ3n) is 5.28. The molecule has 2 bridgehead atoms. The number of carbonyl (C=O) groups excluding carboxylic acids is 2. The van der Waals surface area contributed by atoms with E-state index < -0.39 is 0 Å². The van der Waals surface area contributed by atoms with E-state index >= 15 is 0 Å². The van der Waals surface area contributed by atoms with Gasteiger partial charge in [-0.15, -0.1) is 0 Å². The van der Waals surface area contributed by atoms with Crippen molar-refractivity contribution in [1.29, 1.82) is 0 Å². The van der Waals surface area contributed by atoms with Gasteiger partial charge in [-0.05, 0) is 24.2 Å². The maximum atomic E-state index is 12.0. The van der Waals surface area contributed by atoms with Crippen LogP contribution in [-0.2, 0) is 14.3 Å². The van der Waals surface area contributed by atoms with Gasteiger partial charge in [0.05, 0.1) is 11.8 Å². The number of hydrogen-bond acceptors (Lipinski definition) is 3.